The van der Waals surface area contributed by atoms with Gasteiger partial charge in [0.2, 0.25) is 0 Å². The van der Waals surface area contributed by atoms with Crippen molar-refractivity contribution < 1.29 is 0 Å². The van der Waals surface area contributed by atoms with Crippen molar-refractivity contribution in [3.8, 4) is 0 Å². The van der Waals surface area contributed by atoms with E-state index >= 15 is 0 Å². The van der Waals surface area contributed by atoms with Crippen molar-refractivity contribution in [3.05, 3.63) is 47.5 Å². The first kappa shape index (κ1) is 8.86. The van der Waals surface area contributed by atoms with E-state index in [4.69, 9.17) is 23.2 Å². The van der Waals surface area contributed by atoms with E-state index in [1.807, 2.05) is 36.4 Å². The minimum Gasteiger partial charge on any atom is -0.0923 e. The van der Waals surface area contributed by atoms with Crippen LogP contribution >= 0.6 is 23.2 Å². The van der Waals surface area contributed by atoms with Gasteiger partial charge in [-0.1, -0.05) is 59.6 Å². The van der Waals surface area contributed by atoms with Crippen LogP contribution in [0.2, 0.25) is 0 Å². The lowest BCUT2D eigenvalue weighted by Gasteiger charge is -2.05. The fourth-order valence-corrected chi connectivity index (χ4v) is 1.52. The second kappa shape index (κ2) is 3.21. The highest BCUT2D eigenvalue weighted by atomic mass is 35.5. The zero-order valence-electron chi connectivity index (χ0n) is 6.87. The van der Waals surface area contributed by atoms with Gasteiger partial charge in [0.15, 0.2) is 4.33 Å². The van der Waals surface area contributed by atoms with E-state index in [9.17, 15) is 0 Å². The van der Waals surface area contributed by atoms with E-state index < -0.39 is 4.33 Å². The number of rotatable bonds is 0. The Morgan fingerprint density at radius 3 is 1.77 bits per heavy atom. The number of hydrogen-bond acceptors (Lipinski definition) is 0. The lowest BCUT2D eigenvalue weighted by atomic mass is 10.1. The maximum Gasteiger partial charge on any atom is 0.155 e. The van der Waals surface area contributed by atoms with Crippen molar-refractivity contribution >= 4 is 35.4 Å². The minimum atomic E-state index is -0.876. The van der Waals surface area contributed by atoms with Crippen LogP contribution in [0, 0.1) is 0 Å². The summed E-state index contributed by atoms with van der Waals surface area (Å²) in [6.45, 7) is 0. The van der Waals surface area contributed by atoms with Gasteiger partial charge in [-0.05, 0) is 23.3 Å². The summed E-state index contributed by atoms with van der Waals surface area (Å²) in [7, 11) is 0. The third-order valence-electron chi connectivity index (χ3n) is 1.97. The van der Waals surface area contributed by atoms with Crippen LogP contribution in [-0.4, -0.2) is 4.33 Å². The number of benzene rings is 1. The van der Waals surface area contributed by atoms with Crippen LogP contribution in [0.3, 0.4) is 0 Å². The van der Waals surface area contributed by atoms with Crippen molar-refractivity contribution in [2.75, 3.05) is 0 Å². The summed E-state index contributed by atoms with van der Waals surface area (Å²) in [5, 5.41) is 0. The highest BCUT2D eigenvalue weighted by Crippen LogP contribution is 2.30. The second-order valence-corrected chi connectivity index (χ2v) is 4.41. The Morgan fingerprint density at radius 2 is 1.31 bits per heavy atom. The van der Waals surface area contributed by atoms with E-state index in [0.717, 1.165) is 11.1 Å². The largest absolute Gasteiger partial charge is 0.155 e. The average Bonchev–Trinajstić information content (AvgIpc) is 2.27. The van der Waals surface area contributed by atoms with E-state index in [1.165, 1.54) is 0 Å². The molecule has 2 rings (SSSR count). The van der Waals surface area contributed by atoms with Crippen molar-refractivity contribution in [1.82, 2.24) is 0 Å². The van der Waals surface area contributed by atoms with Gasteiger partial charge in [-0.15, -0.1) is 0 Å². The normalized spacial score (nSPS) is 18.0. The smallest absolute Gasteiger partial charge is 0.0923 e. The van der Waals surface area contributed by atoms with Crippen molar-refractivity contribution in [2.45, 2.75) is 4.33 Å². The molecule has 1 aromatic carbocycles. The van der Waals surface area contributed by atoms with Crippen molar-refractivity contribution in [2.24, 2.45) is 0 Å². The summed E-state index contributed by atoms with van der Waals surface area (Å²) < 4.78 is -0.876. The Morgan fingerprint density at radius 1 is 0.846 bits per heavy atom. The molecular weight excluding hydrogens is 203 g/mol. The van der Waals surface area contributed by atoms with Gasteiger partial charge in [-0.3, -0.25) is 0 Å². The summed E-state index contributed by atoms with van der Waals surface area (Å²) in [6, 6.07) is 8.05. The molecule has 13 heavy (non-hydrogen) atoms. The third kappa shape index (κ3) is 1.96. The molecule has 2 heteroatoms. The van der Waals surface area contributed by atoms with Gasteiger partial charge in [0.1, 0.15) is 0 Å². The molecule has 0 unspecified atom stereocenters. The zero-order valence-corrected chi connectivity index (χ0v) is 8.39. The van der Waals surface area contributed by atoms with Crippen LogP contribution < -0.4 is 0 Å². The number of fused-ring (bicyclic) bond motifs is 1. The lowest BCUT2D eigenvalue weighted by Crippen LogP contribution is -2.00. The molecule has 0 aromatic heterocycles. The van der Waals surface area contributed by atoms with Crippen LogP contribution in [0.25, 0.3) is 12.2 Å². The highest BCUT2D eigenvalue weighted by molar-refractivity contribution is 6.51. The molecule has 0 fully saturated rings. The molecule has 1 aliphatic carbocycles. The molecule has 1 aromatic rings. The summed E-state index contributed by atoms with van der Waals surface area (Å²) in [5.74, 6) is 0. The maximum absolute atomic E-state index is 5.96. The average molecular weight is 211 g/mol. The SMILES string of the molecule is ClC1(Cl)C=Cc2ccccc2C=C1. The van der Waals surface area contributed by atoms with Crippen LogP contribution in [0.4, 0.5) is 0 Å². The maximum atomic E-state index is 5.96. The topological polar surface area (TPSA) is 0 Å². The number of allylic oxidation sites excluding steroid dienone is 2. The van der Waals surface area contributed by atoms with Crippen LogP contribution in [0.5, 0.6) is 0 Å². The van der Waals surface area contributed by atoms with Gasteiger partial charge >= 0.3 is 0 Å². The number of hydrogen-bond donors (Lipinski definition) is 0. The molecule has 66 valence electrons. The Hall–Kier alpha value is -0.720. The van der Waals surface area contributed by atoms with Gasteiger partial charge in [-0.25, -0.2) is 0 Å². The molecule has 0 heterocycles. The quantitative estimate of drug-likeness (QED) is 0.571. The Balaban J connectivity index is 2.53. The summed E-state index contributed by atoms with van der Waals surface area (Å²) in [4.78, 5) is 0. The lowest BCUT2D eigenvalue weighted by molar-refractivity contribution is 1.30. The van der Waals surface area contributed by atoms with E-state index in [2.05, 4.69) is 0 Å². The molecule has 0 N–H and O–H groups in total. The monoisotopic (exact) mass is 210 g/mol. The predicted octanol–water partition coefficient (Wildman–Crippen LogP) is 3.90. The molecular formula is C11H8Cl2. The first-order valence-electron chi connectivity index (χ1n) is 4.03. The van der Waals surface area contributed by atoms with Gasteiger partial charge < -0.3 is 0 Å². The number of alkyl halides is 2. The fraction of sp³-hybridized carbons (Fsp3) is 0.0909. The molecule has 0 spiro atoms. The van der Waals surface area contributed by atoms with Crippen LogP contribution in [0.1, 0.15) is 11.1 Å². The predicted molar refractivity (Wildman–Crippen MR) is 58.9 cm³/mol. The molecule has 0 bridgehead atoms. The molecule has 0 amide bonds. The summed E-state index contributed by atoms with van der Waals surface area (Å²) >= 11 is 11.9. The molecule has 0 aliphatic heterocycles. The Labute approximate surface area is 87.5 Å². The zero-order chi connectivity index (χ0) is 9.31. The molecule has 0 nitrogen and oxygen atoms in total. The van der Waals surface area contributed by atoms with E-state index in [0.29, 0.717) is 0 Å². The van der Waals surface area contributed by atoms with Gasteiger partial charge in [0, 0.05) is 0 Å². The first-order chi connectivity index (χ1) is 6.17. The van der Waals surface area contributed by atoms with Crippen LogP contribution in [-0.2, 0) is 0 Å². The number of halogens is 2. The van der Waals surface area contributed by atoms with E-state index in [-0.39, 0.29) is 0 Å². The Bertz CT molecular complexity index is 340. The minimum absolute atomic E-state index is 0.876. The molecule has 0 atom stereocenters. The van der Waals surface area contributed by atoms with Gasteiger partial charge in [-0.2, -0.15) is 0 Å². The summed E-state index contributed by atoms with van der Waals surface area (Å²) in [5.41, 5.74) is 2.28. The highest BCUT2D eigenvalue weighted by Gasteiger charge is 2.17. The van der Waals surface area contributed by atoms with Gasteiger partial charge in [0.05, 0.1) is 0 Å². The second-order valence-electron chi connectivity index (χ2n) is 2.97. The molecule has 0 saturated carbocycles. The molecule has 0 radical (unpaired) electrons. The van der Waals surface area contributed by atoms with E-state index in [1.54, 1.807) is 12.2 Å². The summed E-state index contributed by atoms with van der Waals surface area (Å²) in [6.07, 6.45) is 7.43. The van der Waals surface area contributed by atoms with Gasteiger partial charge in [0.25, 0.3) is 0 Å². The Kier molecular flexibility index (Phi) is 2.19. The molecule has 1 aliphatic rings. The fourth-order valence-electron chi connectivity index (χ4n) is 1.27. The standard InChI is InChI=1S/C11H8Cl2/c12-11(13)7-5-9-3-1-2-4-10(9)6-8-11/h1-8H. The van der Waals surface area contributed by atoms with Crippen molar-refractivity contribution in [1.29, 1.82) is 0 Å². The van der Waals surface area contributed by atoms with Crippen LogP contribution in [0.15, 0.2) is 36.4 Å². The third-order valence-corrected chi connectivity index (χ3v) is 2.47. The molecule has 0 saturated heterocycles. The first-order valence-corrected chi connectivity index (χ1v) is 4.78. The van der Waals surface area contributed by atoms with Crippen molar-refractivity contribution in [3.63, 3.8) is 0 Å².